The van der Waals surface area contributed by atoms with Crippen molar-refractivity contribution in [2.24, 2.45) is 7.05 Å². The molecular formula is C13H14N2O2+2. The molecule has 0 atom stereocenters. The molecule has 0 bridgehead atoms. The number of hydrogen-bond donors (Lipinski definition) is 1. The van der Waals surface area contributed by atoms with E-state index in [-0.39, 0.29) is 0 Å². The van der Waals surface area contributed by atoms with Crippen molar-refractivity contribution in [3.05, 3.63) is 48.4 Å². The van der Waals surface area contributed by atoms with Crippen molar-refractivity contribution in [2.45, 2.75) is 0 Å². The van der Waals surface area contributed by atoms with Crippen molar-refractivity contribution < 1.29 is 19.0 Å². The first kappa shape index (κ1) is 11.3. The lowest BCUT2D eigenvalue weighted by atomic mass is 10.1. The van der Waals surface area contributed by atoms with Crippen molar-refractivity contribution in [3.8, 4) is 0 Å². The molecule has 0 aliphatic carbocycles. The van der Waals surface area contributed by atoms with Gasteiger partial charge in [-0.2, -0.15) is 4.58 Å². The molecule has 2 heterocycles. The van der Waals surface area contributed by atoms with E-state index in [0.717, 1.165) is 17.4 Å². The predicted molar refractivity (Wildman–Crippen MR) is 63.6 cm³/mol. The molecule has 1 aliphatic rings. The number of nitrogens with zero attached hydrogens (tertiary/aromatic N) is 2. The van der Waals surface area contributed by atoms with Crippen LogP contribution >= 0.6 is 0 Å². The van der Waals surface area contributed by atoms with Crippen LogP contribution in [0.1, 0.15) is 5.56 Å². The second-order valence-corrected chi connectivity index (χ2v) is 3.89. The normalized spacial score (nSPS) is 17.0. The lowest BCUT2D eigenvalue weighted by Gasteiger charge is -2.04. The van der Waals surface area contributed by atoms with Gasteiger partial charge in [0.25, 0.3) is 6.21 Å². The SMILES string of the molecule is C[n+]1ccc(C2=CC[N+](=CC(=O)O)C=C2)cc1. The van der Waals surface area contributed by atoms with E-state index in [1.54, 1.807) is 10.8 Å². The second kappa shape index (κ2) is 4.74. The van der Waals surface area contributed by atoms with Gasteiger partial charge in [0, 0.05) is 18.2 Å². The van der Waals surface area contributed by atoms with Gasteiger partial charge in [-0.15, -0.1) is 0 Å². The Morgan fingerprint density at radius 3 is 2.65 bits per heavy atom. The molecule has 0 unspecified atom stereocenters. The van der Waals surface area contributed by atoms with Gasteiger partial charge in [-0.1, -0.05) is 0 Å². The highest BCUT2D eigenvalue weighted by molar-refractivity contribution is 6.19. The van der Waals surface area contributed by atoms with Gasteiger partial charge in [-0.05, 0) is 17.2 Å². The zero-order chi connectivity index (χ0) is 12.3. The monoisotopic (exact) mass is 230 g/mol. The van der Waals surface area contributed by atoms with Crippen molar-refractivity contribution in [1.29, 1.82) is 0 Å². The standard InChI is InChI=1S/C13H13N2O2/c1-14-6-2-11(3-7-14)12-4-8-15(9-5-12)10-13(16)17/h2-8,10H,9H2,1H3/q+1/p+1. The van der Waals surface area contributed by atoms with Crippen LogP contribution in [0.5, 0.6) is 0 Å². The van der Waals surface area contributed by atoms with Crippen LogP contribution in [0.2, 0.25) is 0 Å². The van der Waals surface area contributed by atoms with Gasteiger partial charge in [-0.25, -0.2) is 9.36 Å². The molecule has 0 spiro atoms. The molecule has 0 saturated carbocycles. The number of pyridine rings is 1. The first-order chi connectivity index (χ1) is 8.15. The van der Waals surface area contributed by atoms with Crippen molar-refractivity contribution in [1.82, 2.24) is 0 Å². The Kier molecular flexibility index (Phi) is 3.14. The Morgan fingerprint density at radius 1 is 1.41 bits per heavy atom. The van der Waals surface area contributed by atoms with E-state index >= 15 is 0 Å². The molecule has 4 heteroatoms. The Bertz CT molecular complexity index is 525. The summed E-state index contributed by atoms with van der Waals surface area (Å²) < 4.78 is 3.61. The number of aliphatic carboxylic acids is 1. The Hall–Kier alpha value is -2.23. The highest BCUT2D eigenvalue weighted by Gasteiger charge is 2.10. The van der Waals surface area contributed by atoms with Gasteiger partial charge in [0.15, 0.2) is 25.1 Å². The lowest BCUT2D eigenvalue weighted by molar-refractivity contribution is -0.671. The Labute approximate surface area is 99.5 Å². The number of aromatic nitrogens is 1. The van der Waals surface area contributed by atoms with Gasteiger partial charge >= 0.3 is 5.97 Å². The largest absolute Gasteiger partial charge is 0.474 e. The van der Waals surface area contributed by atoms with Crippen molar-refractivity contribution >= 4 is 17.8 Å². The maximum Gasteiger partial charge on any atom is 0.393 e. The first-order valence-electron chi connectivity index (χ1n) is 5.33. The van der Waals surface area contributed by atoms with E-state index in [1.165, 1.54) is 0 Å². The van der Waals surface area contributed by atoms with Crippen LogP contribution in [0.15, 0.2) is 42.9 Å². The van der Waals surface area contributed by atoms with Crippen molar-refractivity contribution in [3.63, 3.8) is 0 Å². The highest BCUT2D eigenvalue weighted by Crippen LogP contribution is 2.16. The molecule has 0 saturated heterocycles. The first-order valence-corrected chi connectivity index (χ1v) is 5.33. The summed E-state index contributed by atoms with van der Waals surface area (Å²) >= 11 is 0. The van der Waals surface area contributed by atoms with E-state index in [2.05, 4.69) is 0 Å². The fraction of sp³-hybridized carbons (Fsp3) is 0.154. The lowest BCUT2D eigenvalue weighted by Crippen LogP contribution is -2.25. The zero-order valence-corrected chi connectivity index (χ0v) is 9.58. The third-order valence-electron chi connectivity index (χ3n) is 2.56. The van der Waals surface area contributed by atoms with Gasteiger partial charge < -0.3 is 5.11 Å². The number of aryl methyl sites for hydroxylation is 1. The number of hydrogen-bond acceptors (Lipinski definition) is 1. The molecule has 0 aromatic carbocycles. The summed E-state index contributed by atoms with van der Waals surface area (Å²) in [6.45, 7) is 0.582. The molecule has 1 aromatic heterocycles. The van der Waals surface area contributed by atoms with Gasteiger partial charge in [0.05, 0.1) is 0 Å². The van der Waals surface area contributed by atoms with Crippen LogP contribution in [-0.4, -0.2) is 28.4 Å². The summed E-state index contributed by atoms with van der Waals surface area (Å²) in [5, 5.41) is 8.62. The number of rotatable bonds is 2. The molecule has 1 aliphatic heterocycles. The smallest absolute Gasteiger partial charge is 0.393 e. The molecule has 1 aromatic rings. The minimum atomic E-state index is -0.932. The topological polar surface area (TPSA) is 44.2 Å². The van der Waals surface area contributed by atoms with E-state index in [4.69, 9.17) is 5.11 Å². The average molecular weight is 230 g/mol. The zero-order valence-electron chi connectivity index (χ0n) is 9.58. The fourth-order valence-corrected chi connectivity index (χ4v) is 1.65. The van der Waals surface area contributed by atoms with Crippen LogP contribution in [-0.2, 0) is 11.8 Å². The van der Waals surface area contributed by atoms with E-state index in [1.807, 2.05) is 48.3 Å². The van der Waals surface area contributed by atoms with E-state index < -0.39 is 5.97 Å². The second-order valence-electron chi connectivity index (χ2n) is 3.89. The number of allylic oxidation sites excluding steroid dienone is 2. The molecule has 0 fully saturated rings. The third-order valence-corrected chi connectivity index (χ3v) is 2.56. The average Bonchev–Trinajstić information content (AvgIpc) is 2.30. The van der Waals surface area contributed by atoms with Gasteiger partial charge in [0.1, 0.15) is 7.05 Å². The summed E-state index contributed by atoms with van der Waals surface area (Å²) in [6.07, 6.45) is 10.8. The van der Waals surface area contributed by atoms with Gasteiger partial charge in [-0.3, -0.25) is 0 Å². The quantitative estimate of drug-likeness (QED) is 0.756. The number of carboxylic acids is 1. The summed E-state index contributed by atoms with van der Waals surface area (Å²) in [4.78, 5) is 10.5. The maximum atomic E-state index is 10.5. The van der Waals surface area contributed by atoms with Crippen LogP contribution in [0.4, 0.5) is 0 Å². The molecule has 86 valence electrons. The van der Waals surface area contributed by atoms with Crippen LogP contribution in [0.3, 0.4) is 0 Å². The molecular weight excluding hydrogens is 216 g/mol. The minimum Gasteiger partial charge on any atom is -0.474 e. The van der Waals surface area contributed by atoms with Gasteiger partial charge in [0.2, 0.25) is 0 Å². The molecule has 0 radical (unpaired) electrons. The molecule has 4 nitrogen and oxygen atoms in total. The Balaban J connectivity index is 2.17. The summed E-state index contributed by atoms with van der Waals surface area (Å²) in [7, 11) is 1.97. The highest BCUT2D eigenvalue weighted by atomic mass is 16.4. The summed E-state index contributed by atoms with van der Waals surface area (Å²) in [5.74, 6) is -0.932. The molecule has 0 amide bonds. The van der Waals surface area contributed by atoms with Crippen LogP contribution in [0.25, 0.3) is 5.57 Å². The maximum absolute atomic E-state index is 10.5. The summed E-state index contributed by atoms with van der Waals surface area (Å²) in [6, 6.07) is 4.07. The molecule has 1 N–H and O–H groups in total. The molecule has 17 heavy (non-hydrogen) atoms. The minimum absolute atomic E-state index is 0.582. The van der Waals surface area contributed by atoms with Crippen LogP contribution in [0, 0.1) is 0 Å². The predicted octanol–water partition coefficient (Wildman–Crippen LogP) is 0.590. The van der Waals surface area contributed by atoms with E-state index in [0.29, 0.717) is 6.54 Å². The van der Waals surface area contributed by atoms with Crippen LogP contribution < -0.4 is 4.57 Å². The third kappa shape index (κ3) is 2.87. The van der Waals surface area contributed by atoms with Crippen molar-refractivity contribution in [2.75, 3.05) is 6.54 Å². The Morgan fingerprint density at radius 2 is 2.12 bits per heavy atom. The van der Waals surface area contributed by atoms with E-state index in [9.17, 15) is 4.79 Å². The summed E-state index contributed by atoms with van der Waals surface area (Å²) in [5.41, 5.74) is 2.25. The fourth-order valence-electron chi connectivity index (χ4n) is 1.65. The number of carbonyl (C=O) groups is 1. The number of carboxylic acid groups (broad SMARTS) is 1. The molecule has 2 rings (SSSR count).